The molecule has 4 rings (SSSR count). The van der Waals surface area contributed by atoms with Gasteiger partial charge in [0.25, 0.3) is 11.8 Å². The van der Waals surface area contributed by atoms with E-state index in [0.29, 0.717) is 36.7 Å². The molecule has 9 heteroatoms. The second-order valence-electron chi connectivity index (χ2n) is 7.93. The Hall–Kier alpha value is -3.07. The van der Waals surface area contributed by atoms with E-state index in [2.05, 4.69) is 25.6 Å². The van der Waals surface area contributed by atoms with Gasteiger partial charge in [0.15, 0.2) is 0 Å². The van der Waals surface area contributed by atoms with Crippen molar-refractivity contribution in [2.45, 2.75) is 37.7 Å². The Balaban J connectivity index is 1.28. The first-order valence-corrected chi connectivity index (χ1v) is 10.8. The topological polar surface area (TPSA) is 109 Å². The van der Waals surface area contributed by atoms with E-state index in [1.807, 2.05) is 17.0 Å². The van der Waals surface area contributed by atoms with Gasteiger partial charge in [-0.05, 0) is 37.8 Å². The maximum atomic E-state index is 12.7. The van der Waals surface area contributed by atoms with Gasteiger partial charge in [0.2, 0.25) is 5.95 Å². The van der Waals surface area contributed by atoms with Crippen LogP contribution < -0.4 is 10.6 Å². The summed E-state index contributed by atoms with van der Waals surface area (Å²) in [5, 5.41) is 5.76. The molecule has 9 nitrogen and oxygen atoms in total. The number of likely N-dealkylation sites (tertiary alicyclic amines) is 1. The van der Waals surface area contributed by atoms with Crippen LogP contribution in [0.1, 0.15) is 58.0 Å². The van der Waals surface area contributed by atoms with Crippen LogP contribution in [0.5, 0.6) is 0 Å². The molecule has 0 spiro atoms. The molecular formula is C22H28N6O3. The van der Waals surface area contributed by atoms with E-state index in [4.69, 9.17) is 4.74 Å². The molecule has 2 aromatic heterocycles. The molecule has 0 saturated carbocycles. The number of anilines is 1. The van der Waals surface area contributed by atoms with Crippen LogP contribution in [0.15, 0.2) is 30.7 Å². The normalized spacial score (nSPS) is 19.3. The highest BCUT2D eigenvalue weighted by Crippen LogP contribution is 2.27. The first-order valence-electron chi connectivity index (χ1n) is 10.8. The smallest absolute Gasteiger partial charge is 0.256 e. The standard InChI is InChI=1S/C22H28N6O3/c1-23-22-26-12-17(13-27-22)21(30)28-8-6-15(7-9-28)19-5-4-16(11-24-19)20(29)25-14-18-3-2-10-31-18/h4-5,11-13,15,18H,2-3,6-10,14H2,1H3,(H,25,29)(H,23,26,27). The lowest BCUT2D eigenvalue weighted by molar-refractivity contribution is 0.0711. The van der Waals surface area contributed by atoms with Crippen molar-refractivity contribution >= 4 is 17.8 Å². The Bertz CT molecular complexity index is 888. The number of rotatable bonds is 6. The molecule has 0 radical (unpaired) electrons. The van der Waals surface area contributed by atoms with Gasteiger partial charge in [0.1, 0.15) is 0 Å². The SMILES string of the molecule is CNc1ncc(C(=O)N2CCC(c3ccc(C(=O)NCC4CCCO4)cn3)CC2)cn1. The number of hydrogen-bond acceptors (Lipinski definition) is 7. The average molecular weight is 425 g/mol. The highest BCUT2D eigenvalue weighted by molar-refractivity contribution is 5.94. The number of ether oxygens (including phenoxy) is 1. The molecule has 2 aromatic rings. The van der Waals surface area contributed by atoms with Crippen molar-refractivity contribution in [2.75, 3.05) is 38.6 Å². The molecule has 1 unspecified atom stereocenters. The number of nitrogens with zero attached hydrogens (tertiary/aromatic N) is 4. The monoisotopic (exact) mass is 424 g/mol. The third kappa shape index (κ3) is 5.16. The number of carbonyl (C=O) groups is 2. The second kappa shape index (κ2) is 9.82. The van der Waals surface area contributed by atoms with E-state index in [1.54, 1.807) is 25.6 Å². The summed E-state index contributed by atoms with van der Waals surface area (Å²) in [4.78, 5) is 39.6. The molecule has 2 aliphatic heterocycles. The van der Waals surface area contributed by atoms with Gasteiger partial charge in [-0.2, -0.15) is 0 Å². The lowest BCUT2D eigenvalue weighted by Crippen LogP contribution is -2.38. The molecule has 2 fully saturated rings. The van der Waals surface area contributed by atoms with Gasteiger partial charge in [-0.1, -0.05) is 0 Å². The Morgan fingerprint density at radius 2 is 1.81 bits per heavy atom. The summed E-state index contributed by atoms with van der Waals surface area (Å²) >= 11 is 0. The Morgan fingerprint density at radius 1 is 1.06 bits per heavy atom. The first-order chi connectivity index (χ1) is 15.1. The van der Waals surface area contributed by atoms with Gasteiger partial charge in [-0.25, -0.2) is 9.97 Å². The number of carbonyl (C=O) groups excluding carboxylic acids is 2. The zero-order chi connectivity index (χ0) is 21.6. The molecule has 0 aliphatic carbocycles. The van der Waals surface area contributed by atoms with Crippen molar-refractivity contribution in [3.63, 3.8) is 0 Å². The molecule has 0 bridgehead atoms. The Kier molecular flexibility index (Phi) is 6.71. The number of hydrogen-bond donors (Lipinski definition) is 2. The first kappa shape index (κ1) is 21.2. The molecule has 164 valence electrons. The van der Waals surface area contributed by atoms with E-state index in [9.17, 15) is 9.59 Å². The molecule has 0 aromatic carbocycles. The molecule has 1 atom stereocenters. The Morgan fingerprint density at radius 3 is 2.42 bits per heavy atom. The van der Waals surface area contributed by atoms with Crippen LogP contribution in [-0.4, -0.2) is 71.1 Å². The number of nitrogens with one attached hydrogen (secondary N) is 2. The lowest BCUT2D eigenvalue weighted by atomic mass is 9.92. The summed E-state index contributed by atoms with van der Waals surface area (Å²) in [5.41, 5.74) is 2.01. The summed E-state index contributed by atoms with van der Waals surface area (Å²) in [6.45, 7) is 2.62. The van der Waals surface area contributed by atoms with Gasteiger partial charge in [0.05, 0.1) is 17.2 Å². The number of amides is 2. The van der Waals surface area contributed by atoms with E-state index in [1.165, 1.54) is 0 Å². The van der Waals surface area contributed by atoms with Crippen LogP contribution >= 0.6 is 0 Å². The second-order valence-corrected chi connectivity index (χ2v) is 7.93. The third-order valence-corrected chi connectivity index (χ3v) is 5.89. The summed E-state index contributed by atoms with van der Waals surface area (Å²) in [6, 6.07) is 3.75. The van der Waals surface area contributed by atoms with E-state index < -0.39 is 0 Å². The lowest BCUT2D eigenvalue weighted by Gasteiger charge is -2.31. The van der Waals surface area contributed by atoms with Crippen molar-refractivity contribution in [1.29, 1.82) is 0 Å². The van der Waals surface area contributed by atoms with Crippen LogP contribution in [0.4, 0.5) is 5.95 Å². The van der Waals surface area contributed by atoms with Crippen molar-refractivity contribution in [3.8, 4) is 0 Å². The predicted octanol–water partition coefficient (Wildman–Crippen LogP) is 1.84. The third-order valence-electron chi connectivity index (χ3n) is 5.89. The molecular weight excluding hydrogens is 396 g/mol. The fraction of sp³-hybridized carbons (Fsp3) is 0.500. The zero-order valence-corrected chi connectivity index (χ0v) is 17.7. The van der Waals surface area contributed by atoms with Gasteiger partial charge in [-0.3, -0.25) is 14.6 Å². The highest BCUT2D eigenvalue weighted by Gasteiger charge is 2.26. The van der Waals surface area contributed by atoms with Crippen LogP contribution in [0.2, 0.25) is 0 Å². The quantitative estimate of drug-likeness (QED) is 0.728. The maximum absolute atomic E-state index is 12.7. The minimum atomic E-state index is -0.124. The predicted molar refractivity (Wildman–Crippen MR) is 115 cm³/mol. The summed E-state index contributed by atoms with van der Waals surface area (Å²) < 4.78 is 5.53. The van der Waals surface area contributed by atoms with Crippen LogP contribution in [-0.2, 0) is 4.74 Å². The van der Waals surface area contributed by atoms with Gasteiger partial charge < -0.3 is 20.3 Å². The fourth-order valence-electron chi connectivity index (χ4n) is 4.02. The van der Waals surface area contributed by atoms with E-state index >= 15 is 0 Å². The van der Waals surface area contributed by atoms with E-state index in [-0.39, 0.29) is 23.8 Å². The summed E-state index contributed by atoms with van der Waals surface area (Å²) in [7, 11) is 1.74. The minimum absolute atomic E-state index is 0.0488. The summed E-state index contributed by atoms with van der Waals surface area (Å²) in [6.07, 6.45) is 8.58. The Labute approximate surface area is 181 Å². The van der Waals surface area contributed by atoms with Crippen molar-refractivity contribution < 1.29 is 14.3 Å². The number of aromatic nitrogens is 3. The van der Waals surface area contributed by atoms with Gasteiger partial charge >= 0.3 is 0 Å². The largest absolute Gasteiger partial charge is 0.376 e. The maximum Gasteiger partial charge on any atom is 0.256 e. The number of piperidine rings is 1. The molecule has 2 aliphatic rings. The van der Waals surface area contributed by atoms with Crippen molar-refractivity contribution in [3.05, 3.63) is 47.5 Å². The van der Waals surface area contributed by atoms with Gasteiger partial charge in [0, 0.05) is 63.5 Å². The zero-order valence-electron chi connectivity index (χ0n) is 17.7. The van der Waals surface area contributed by atoms with Crippen molar-refractivity contribution in [2.24, 2.45) is 0 Å². The van der Waals surface area contributed by atoms with Crippen LogP contribution in [0, 0.1) is 0 Å². The fourth-order valence-corrected chi connectivity index (χ4v) is 4.02. The minimum Gasteiger partial charge on any atom is -0.376 e. The molecule has 4 heterocycles. The van der Waals surface area contributed by atoms with Crippen molar-refractivity contribution in [1.82, 2.24) is 25.2 Å². The molecule has 2 saturated heterocycles. The molecule has 2 N–H and O–H groups in total. The van der Waals surface area contributed by atoms with Gasteiger partial charge in [-0.15, -0.1) is 0 Å². The average Bonchev–Trinajstić information content (AvgIpc) is 3.36. The van der Waals surface area contributed by atoms with Crippen LogP contribution in [0.25, 0.3) is 0 Å². The molecule has 31 heavy (non-hydrogen) atoms. The molecule has 2 amide bonds. The van der Waals surface area contributed by atoms with Crippen LogP contribution in [0.3, 0.4) is 0 Å². The number of pyridine rings is 1. The highest BCUT2D eigenvalue weighted by atomic mass is 16.5. The summed E-state index contributed by atoms with van der Waals surface area (Å²) in [5.74, 6) is 0.593. The van der Waals surface area contributed by atoms with E-state index in [0.717, 1.165) is 38.0 Å².